The van der Waals surface area contributed by atoms with Gasteiger partial charge in [-0.25, -0.2) is 4.79 Å². The summed E-state index contributed by atoms with van der Waals surface area (Å²) < 4.78 is 4.95. The summed E-state index contributed by atoms with van der Waals surface area (Å²) in [4.78, 5) is 26.1. The average molecular weight is 347 g/mol. The van der Waals surface area contributed by atoms with Gasteiger partial charge >= 0.3 is 5.97 Å². The molecular formula is C21H33NO3. The van der Waals surface area contributed by atoms with Gasteiger partial charge in [-0.1, -0.05) is 82.2 Å². The lowest BCUT2D eigenvalue weighted by molar-refractivity contribution is -0.152. The van der Waals surface area contributed by atoms with Crippen LogP contribution in [0.25, 0.3) is 0 Å². The minimum Gasteiger partial charge on any atom is -0.467 e. The monoisotopic (exact) mass is 347 g/mol. The molecule has 0 spiro atoms. The quantitative estimate of drug-likeness (QED) is 0.399. The molecule has 1 unspecified atom stereocenters. The summed E-state index contributed by atoms with van der Waals surface area (Å²) in [6, 6.07) is 8.72. The maximum atomic E-state index is 12.3. The van der Waals surface area contributed by atoms with Crippen molar-refractivity contribution < 1.29 is 14.3 Å². The van der Waals surface area contributed by atoms with Crippen LogP contribution in [0.2, 0.25) is 0 Å². The predicted octanol–water partition coefficient (Wildman–Crippen LogP) is 4.89. The van der Waals surface area contributed by atoms with Gasteiger partial charge in [0, 0.05) is 13.5 Å². The molecule has 1 atom stereocenters. The first-order chi connectivity index (χ1) is 12.1. The summed E-state index contributed by atoms with van der Waals surface area (Å²) in [5.74, 6) is -0.483. The number of benzene rings is 1. The second-order valence-corrected chi connectivity index (χ2v) is 6.52. The smallest absolute Gasteiger partial charge is 0.333 e. The van der Waals surface area contributed by atoms with Gasteiger partial charge in [-0.15, -0.1) is 0 Å². The lowest BCUT2D eigenvalue weighted by Crippen LogP contribution is -2.38. The van der Waals surface area contributed by atoms with E-state index >= 15 is 0 Å². The summed E-state index contributed by atoms with van der Waals surface area (Å²) in [5, 5.41) is 0. The van der Waals surface area contributed by atoms with Crippen molar-refractivity contribution in [2.75, 3.05) is 13.7 Å². The second kappa shape index (κ2) is 12.5. The van der Waals surface area contributed by atoms with Crippen LogP contribution in [0, 0.1) is 0 Å². The van der Waals surface area contributed by atoms with E-state index < -0.39 is 6.04 Å². The van der Waals surface area contributed by atoms with E-state index in [9.17, 15) is 9.59 Å². The topological polar surface area (TPSA) is 46.6 Å². The molecule has 0 radical (unpaired) electrons. The molecule has 0 aliphatic carbocycles. The minimum absolute atomic E-state index is 0.0952. The van der Waals surface area contributed by atoms with Crippen molar-refractivity contribution >= 4 is 11.9 Å². The van der Waals surface area contributed by atoms with E-state index in [0.29, 0.717) is 6.54 Å². The molecule has 0 aliphatic heterocycles. The first kappa shape index (κ1) is 21.2. The highest BCUT2D eigenvalue weighted by Crippen LogP contribution is 2.23. The van der Waals surface area contributed by atoms with Crippen LogP contribution in [0.4, 0.5) is 0 Å². The van der Waals surface area contributed by atoms with E-state index in [0.717, 1.165) is 18.4 Å². The van der Waals surface area contributed by atoms with Crippen LogP contribution in [0.15, 0.2) is 30.3 Å². The van der Waals surface area contributed by atoms with Gasteiger partial charge < -0.3 is 9.64 Å². The van der Waals surface area contributed by atoms with Crippen LogP contribution in [0.3, 0.4) is 0 Å². The van der Waals surface area contributed by atoms with Crippen molar-refractivity contribution in [2.45, 2.75) is 71.3 Å². The Morgan fingerprint density at radius 2 is 1.52 bits per heavy atom. The van der Waals surface area contributed by atoms with Gasteiger partial charge in [-0.2, -0.15) is 0 Å². The molecule has 0 saturated heterocycles. The fraction of sp³-hybridized carbons (Fsp3) is 0.619. The Hall–Kier alpha value is -1.84. The maximum absolute atomic E-state index is 12.3. The molecule has 0 saturated carbocycles. The molecule has 0 fully saturated rings. The molecule has 1 amide bonds. The Kier molecular flexibility index (Phi) is 10.6. The zero-order valence-electron chi connectivity index (χ0n) is 16.0. The molecule has 0 aromatic heterocycles. The molecular weight excluding hydrogens is 314 g/mol. The minimum atomic E-state index is -0.659. The molecule has 0 heterocycles. The summed E-state index contributed by atoms with van der Waals surface area (Å²) in [5.41, 5.74) is 0.795. The molecule has 25 heavy (non-hydrogen) atoms. The molecule has 1 aromatic rings. The maximum Gasteiger partial charge on any atom is 0.333 e. The van der Waals surface area contributed by atoms with Crippen LogP contribution < -0.4 is 0 Å². The van der Waals surface area contributed by atoms with Gasteiger partial charge in [0.05, 0.1) is 7.11 Å². The Morgan fingerprint density at radius 3 is 2.04 bits per heavy atom. The number of hydrogen-bond donors (Lipinski definition) is 0. The zero-order chi connectivity index (χ0) is 18.5. The lowest BCUT2D eigenvalue weighted by atomic mass is 10.0. The summed E-state index contributed by atoms with van der Waals surface area (Å²) >= 11 is 0. The van der Waals surface area contributed by atoms with Gasteiger partial charge in [0.1, 0.15) is 0 Å². The molecule has 140 valence electrons. The van der Waals surface area contributed by atoms with Crippen molar-refractivity contribution in [1.82, 2.24) is 4.90 Å². The van der Waals surface area contributed by atoms with E-state index in [1.165, 1.54) is 52.6 Å². The largest absolute Gasteiger partial charge is 0.467 e. The summed E-state index contributed by atoms with van der Waals surface area (Å²) in [7, 11) is 1.37. The van der Waals surface area contributed by atoms with E-state index in [1.807, 2.05) is 30.3 Å². The normalized spacial score (nSPS) is 11.8. The third-order valence-corrected chi connectivity index (χ3v) is 4.51. The fourth-order valence-corrected chi connectivity index (χ4v) is 3.07. The van der Waals surface area contributed by atoms with E-state index in [2.05, 4.69) is 6.92 Å². The van der Waals surface area contributed by atoms with Crippen LogP contribution in [0.1, 0.15) is 76.8 Å². The third kappa shape index (κ3) is 7.72. The number of rotatable bonds is 12. The standard InChI is InChI=1S/C21H33NO3/c1-4-5-6-7-8-9-10-14-17-22(18(2)23)20(21(24)25-3)19-15-12-11-13-16-19/h11-13,15-16,20H,4-10,14,17H2,1-3H3. The van der Waals surface area contributed by atoms with Gasteiger partial charge in [0.25, 0.3) is 0 Å². The number of carbonyl (C=O) groups is 2. The van der Waals surface area contributed by atoms with E-state index in [-0.39, 0.29) is 11.9 Å². The highest BCUT2D eigenvalue weighted by Gasteiger charge is 2.29. The van der Waals surface area contributed by atoms with Crippen LogP contribution in [-0.2, 0) is 14.3 Å². The Morgan fingerprint density at radius 1 is 0.960 bits per heavy atom. The third-order valence-electron chi connectivity index (χ3n) is 4.51. The predicted molar refractivity (Wildman–Crippen MR) is 101 cm³/mol. The van der Waals surface area contributed by atoms with Crippen LogP contribution >= 0.6 is 0 Å². The Balaban J connectivity index is 2.57. The highest BCUT2D eigenvalue weighted by molar-refractivity contribution is 5.84. The second-order valence-electron chi connectivity index (χ2n) is 6.52. The van der Waals surface area contributed by atoms with Gasteiger partial charge in [-0.05, 0) is 12.0 Å². The van der Waals surface area contributed by atoms with Crippen molar-refractivity contribution in [3.05, 3.63) is 35.9 Å². The molecule has 0 N–H and O–H groups in total. The molecule has 1 rings (SSSR count). The summed E-state index contributed by atoms with van der Waals surface area (Å²) in [6.45, 7) is 4.32. The Bertz CT molecular complexity index is 501. The average Bonchev–Trinajstić information content (AvgIpc) is 2.63. The molecule has 0 aliphatic rings. The highest BCUT2D eigenvalue weighted by atomic mass is 16.5. The first-order valence-corrected chi connectivity index (χ1v) is 9.51. The molecule has 0 bridgehead atoms. The van der Waals surface area contributed by atoms with E-state index in [4.69, 9.17) is 4.74 Å². The number of hydrogen-bond acceptors (Lipinski definition) is 3. The summed E-state index contributed by atoms with van der Waals surface area (Å²) in [6.07, 6.45) is 9.61. The van der Waals surface area contributed by atoms with Crippen LogP contribution in [-0.4, -0.2) is 30.4 Å². The number of ether oxygens (including phenoxy) is 1. The number of nitrogens with zero attached hydrogens (tertiary/aromatic N) is 1. The SMILES string of the molecule is CCCCCCCCCCN(C(C)=O)C(C(=O)OC)c1ccccc1. The van der Waals surface area contributed by atoms with Crippen molar-refractivity contribution in [3.63, 3.8) is 0 Å². The fourth-order valence-electron chi connectivity index (χ4n) is 3.07. The van der Waals surface area contributed by atoms with Gasteiger partial charge in [0.15, 0.2) is 6.04 Å². The molecule has 4 nitrogen and oxygen atoms in total. The van der Waals surface area contributed by atoms with Crippen molar-refractivity contribution in [2.24, 2.45) is 0 Å². The van der Waals surface area contributed by atoms with Gasteiger partial charge in [0.2, 0.25) is 5.91 Å². The lowest BCUT2D eigenvalue weighted by Gasteiger charge is -2.29. The van der Waals surface area contributed by atoms with Gasteiger partial charge in [-0.3, -0.25) is 4.79 Å². The first-order valence-electron chi connectivity index (χ1n) is 9.51. The Labute approximate surface area is 152 Å². The molecule has 1 aromatic carbocycles. The number of carbonyl (C=O) groups excluding carboxylic acids is 2. The van der Waals surface area contributed by atoms with Crippen LogP contribution in [0.5, 0.6) is 0 Å². The zero-order valence-corrected chi connectivity index (χ0v) is 16.0. The number of esters is 1. The number of unbranched alkanes of at least 4 members (excludes halogenated alkanes) is 7. The molecule has 4 heteroatoms. The van der Waals surface area contributed by atoms with E-state index in [1.54, 1.807) is 4.90 Å². The number of amides is 1. The van der Waals surface area contributed by atoms with Crippen molar-refractivity contribution in [3.8, 4) is 0 Å². The van der Waals surface area contributed by atoms with Crippen molar-refractivity contribution in [1.29, 1.82) is 0 Å². The number of methoxy groups -OCH3 is 1.